The summed E-state index contributed by atoms with van der Waals surface area (Å²) in [5.41, 5.74) is 0.610. The molecule has 0 aliphatic carbocycles. The molecule has 1 aromatic carbocycles. The minimum atomic E-state index is -3.40. The lowest BCUT2D eigenvalue weighted by Crippen LogP contribution is -2.58. The highest BCUT2D eigenvalue weighted by Crippen LogP contribution is 2.21. The summed E-state index contributed by atoms with van der Waals surface area (Å²) in [4.78, 5) is 2.34. The molecule has 1 heterocycles. The number of halogens is 1. The van der Waals surface area contributed by atoms with E-state index in [0.29, 0.717) is 25.3 Å². The van der Waals surface area contributed by atoms with Crippen LogP contribution in [0, 0.1) is 5.82 Å². The van der Waals surface area contributed by atoms with Gasteiger partial charge in [0.05, 0.1) is 5.75 Å². The summed E-state index contributed by atoms with van der Waals surface area (Å²) in [5, 5.41) is 0. The molecule has 0 N–H and O–H groups in total. The normalized spacial score (nSPS) is 23.5. The minimum Gasteiger partial charge on any atom is -0.385 e. The van der Waals surface area contributed by atoms with Crippen LogP contribution < -0.4 is 0 Å². The first kappa shape index (κ1) is 19.3. The molecule has 2 rings (SSSR count). The number of ether oxygens (including phenoxy) is 1. The van der Waals surface area contributed by atoms with Gasteiger partial charge in [-0.25, -0.2) is 12.8 Å². The summed E-state index contributed by atoms with van der Waals surface area (Å²) in [7, 11) is -1.72. The predicted octanol–water partition coefficient (Wildman–Crippen LogP) is 2.09. The van der Waals surface area contributed by atoms with Gasteiger partial charge in [-0.05, 0) is 38.0 Å². The van der Waals surface area contributed by atoms with E-state index in [9.17, 15) is 12.8 Å². The van der Waals surface area contributed by atoms with Crippen LogP contribution in [0.5, 0.6) is 0 Å². The van der Waals surface area contributed by atoms with Gasteiger partial charge < -0.3 is 4.74 Å². The second-order valence-electron chi connectivity index (χ2n) is 6.48. The smallest absolute Gasteiger partial charge is 0.218 e. The number of methoxy groups -OCH3 is 1. The molecular weight excluding hydrogens is 331 g/mol. The zero-order chi connectivity index (χ0) is 17.7. The van der Waals surface area contributed by atoms with E-state index < -0.39 is 10.0 Å². The monoisotopic (exact) mass is 358 g/mol. The molecule has 7 heteroatoms. The van der Waals surface area contributed by atoms with Crippen LogP contribution in [-0.2, 0) is 20.5 Å². The maximum Gasteiger partial charge on any atom is 0.218 e. The predicted molar refractivity (Wildman–Crippen MR) is 92.7 cm³/mol. The number of piperazine rings is 1. The van der Waals surface area contributed by atoms with Gasteiger partial charge in [0.15, 0.2) is 0 Å². The highest BCUT2D eigenvalue weighted by molar-refractivity contribution is 7.88. The van der Waals surface area contributed by atoms with Crippen molar-refractivity contribution in [2.75, 3.05) is 33.4 Å². The Bertz CT molecular complexity index is 609. The van der Waals surface area contributed by atoms with E-state index in [0.717, 1.165) is 13.0 Å². The lowest BCUT2D eigenvalue weighted by molar-refractivity contribution is 0.0665. The highest BCUT2D eigenvalue weighted by atomic mass is 32.2. The molecule has 1 saturated heterocycles. The van der Waals surface area contributed by atoms with E-state index in [4.69, 9.17) is 4.74 Å². The van der Waals surface area contributed by atoms with E-state index in [1.54, 1.807) is 11.4 Å². The molecule has 0 spiro atoms. The largest absolute Gasteiger partial charge is 0.385 e. The number of sulfonamides is 1. The summed E-state index contributed by atoms with van der Waals surface area (Å²) < 4.78 is 45.0. The van der Waals surface area contributed by atoms with Crippen molar-refractivity contribution in [2.24, 2.45) is 0 Å². The van der Waals surface area contributed by atoms with Crippen LogP contribution in [0.1, 0.15) is 25.8 Å². The van der Waals surface area contributed by atoms with Crippen LogP contribution in [0.15, 0.2) is 24.3 Å². The Labute approximate surface area is 144 Å². The van der Waals surface area contributed by atoms with Crippen molar-refractivity contribution >= 4 is 10.0 Å². The molecule has 0 radical (unpaired) electrons. The van der Waals surface area contributed by atoms with E-state index in [-0.39, 0.29) is 23.7 Å². The maximum absolute atomic E-state index is 13.0. The molecule has 5 nitrogen and oxygen atoms in total. The van der Waals surface area contributed by atoms with Crippen LogP contribution in [0.4, 0.5) is 4.39 Å². The van der Waals surface area contributed by atoms with Crippen LogP contribution in [-0.4, -0.2) is 63.1 Å². The van der Waals surface area contributed by atoms with Gasteiger partial charge in [0, 0.05) is 45.4 Å². The minimum absolute atomic E-state index is 0.0869. The van der Waals surface area contributed by atoms with Crippen molar-refractivity contribution in [3.63, 3.8) is 0 Å². The summed E-state index contributed by atoms with van der Waals surface area (Å²) in [5.74, 6) is -0.445. The second kappa shape index (κ2) is 8.38. The first-order valence-electron chi connectivity index (χ1n) is 8.30. The van der Waals surface area contributed by atoms with Gasteiger partial charge in [0.1, 0.15) is 5.82 Å². The third-order valence-corrected chi connectivity index (χ3v) is 6.27. The van der Waals surface area contributed by atoms with Gasteiger partial charge in [0.2, 0.25) is 10.0 Å². The van der Waals surface area contributed by atoms with Crippen LogP contribution in [0.3, 0.4) is 0 Å². The number of hydrogen-bond acceptors (Lipinski definition) is 4. The fourth-order valence-electron chi connectivity index (χ4n) is 3.25. The number of rotatable bonds is 7. The van der Waals surface area contributed by atoms with Crippen molar-refractivity contribution in [1.82, 2.24) is 9.21 Å². The van der Waals surface area contributed by atoms with Crippen molar-refractivity contribution < 1.29 is 17.5 Å². The molecule has 0 amide bonds. The van der Waals surface area contributed by atoms with E-state index in [2.05, 4.69) is 18.7 Å². The molecule has 1 aliphatic rings. The first-order valence-corrected chi connectivity index (χ1v) is 9.91. The van der Waals surface area contributed by atoms with Crippen LogP contribution in [0.2, 0.25) is 0 Å². The average molecular weight is 358 g/mol. The standard InChI is InChI=1S/C17H27FN2O3S/c1-14-11-19(12-15(2)20(14)9-4-10-23-3)24(21,22)13-16-5-7-17(18)8-6-16/h5-8,14-15H,4,9-13H2,1-3H3. The van der Waals surface area contributed by atoms with Crippen LogP contribution in [0.25, 0.3) is 0 Å². The molecule has 136 valence electrons. The zero-order valence-corrected chi connectivity index (χ0v) is 15.4. The second-order valence-corrected chi connectivity index (χ2v) is 8.45. The molecule has 0 saturated carbocycles. The quantitative estimate of drug-likeness (QED) is 0.701. The molecule has 0 aromatic heterocycles. The Kier molecular flexibility index (Phi) is 6.74. The molecule has 1 aliphatic heterocycles. The molecule has 2 unspecified atom stereocenters. The lowest BCUT2D eigenvalue weighted by Gasteiger charge is -2.43. The fourth-order valence-corrected chi connectivity index (χ4v) is 4.93. The van der Waals surface area contributed by atoms with Crippen molar-refractivity contribution in [2.45, 2.75) is 38.1 Å². The zero-order valence-electron chi connectivity index (χ0n) is 14.6. The third-order valence-electron chi connectivity index (χ3n) is 4.49. The Morgan fingerprint density at radius 1 is 1.17 bits per heavy atom. The SMILES string of the molecule is COCCCN1C(C)CN(S(=O)(=O)Cc2ccc(F)cc2)CC1C. The van der Waals surface area contributed by atoms with Gasteiger partial charge in [-0.1, -0.05) is 12.1 Å². The highest BCUT2D eigenvalue weighted by Gasteiger charge is 2.34. The summed E-state index contributed by atoms with van der Waals surface area (Å²) in [6.07, 6.45) is 0.938. The molecule has 1 fully saturated rings. The Morgan fingerprint density at radius 2 is 1.75 bits per heavy atom. The van der Waals surface area contributed by atoms with Crippen molar-refractivity contribution in [1.29, 1.82) is 0 Å². The summed E-state index contributed by atoms with van der Waals surface area (Å²) >= 11 is 0. The van der Waals surface area contributed by atoms with E-state index in [1.165, 1.54) is 24.3 Å². The molecule has 2 atom stereocenters. The topological polar surface area (TPSA) is 49.9 Å². The number of nitrogens with zero attached hydrogens (tertiary/aromatic N) is 2. The summed E-state index contributed by atoms with van der Waals surface area (Å²) in [6, 6.07) is 5.97. The molecular formula is C17H27FN2O3S. The van der Waals surface area contributed by atoms with Crippen molar-refractivity contribution in [3.05, 3.63) is 35.6 Å². The third kappa shape index (κ3) is 4.99. The van der Waals surface area contributed by atoms with E-state index in [1.807, 2.05) is 0 Å². The fraction of sp³-hybridized carbons (Fsp3) is 0.647. The summed E-state index contributed by atoms with van der Waals surface area (Å²) in [6.45, 7) is 6.71. The number of hydrogen-bond donors (Lipinski definition) is 0. The Balaban J connectivity index is 2.00. The Morgan fingerprint density at radius 3 is 2.29 bits per heavy atom. The first-order chi connectivity index (χ1) is 11.3. The molecule has 0 bridgehead atoms. The number of benzene rings is 1. The lowest BCUT2D eigenvalue weighted by atomic mass is 10.1. The van der Waals surface area contributed by atoms with Crippen LogP contribution >= 0.6 is 0 Å². The average Bonchev–Trinajstić information content (AvgIpc) is 2.52. The molecule has 1 aromatic rings. The Hall–Kier alpha value is -1.02. The van der Waals surface area contributed by atoms with E-state index >= 15 is 0 Å². The van der Waals surface area contributed by atoms with Gasteiger partial charge in [0.25, 0.3) is 0 Å². The maximum atomic E-state index is 13.0. The van der Waals surface area contributed by atoms with Gasteiger partial charge >= 0.3 is 0 Å². The van der Waals surface area contributed by atoms with Gasteiger partial charge in [-0.3, -0.25) is 4.90 Å². The van der Waals surface area contributed by atoms with Crippen molar-refractivity contribution in [3.8, 4) is 0 Å². The van der Waals surface area contributed by atoms with Gasteiger partial charge in [-0.15, -0.1) is 0 Å². The van der Waals surface area contributed by atoms with Gasteiger partial charge in [-0.2, -0.15) is 4.31 Å². The molecule has 24 heavy (non-hydrogen) atoms.